The van der Waals surface area contributed by atoms with E-state index in [0.717, 1.165) is 19.2 Å². The number of piperazine rings is 1. The van der Waals surface area contributed by atoms with Gasteiger partial charge in [0.15, 0.2) is 5.82 Å². The Labute approximate surface area is 159 Å². The number of hydrogen-bond donors (Lipinski definition) is 2. The SMILES string of the molecule is C[C@@H]1CNCCN1c1ncnc2c(F)c(-c3c(O)cccc3F)c(Cl)cc12. The summed E-state index contributed by atoms with van der Waals surface area (Å²) in [6, 6.07) is 5.46. The normalized spacial score (nSPS) is 17.5. The zero-order valence-electron chi connectivity index (χ0n) is 14.5. The van der Waals surface area contributed by atoms with Gasteiger partial charge in [0.1, 0.15) is 29.2 Å². The van der Waals surface area contributed by atoms with E-state index in [2.05, 4.69) is 20.2 Å². The number of fused-ring (bicyclic) bond motifs is 1. The summed E-state index contributed by atoms with van der Waals surface area (Å²) in [6.45, 7) is 4.32. The first-order valence-electron chi connectivity index (χ1n) is 8.57. The van der Waals surface area contributed by atoms with Crippen LogP contribution < -0.4 is 10.2 Å². The predicted octanol–water partition coefficient (Wildman–Crippen LogP) is 3.73. The first kappa shape index (κ1) is 17.9. The Morgan fingerprint density at radius 2 is 2.07 bits per heavy atom. The second-order valence-corrected chi connectivity index (χ2v) is 6.93. The molecule has 1 atom stereocenters. The molecule has 2 heterocycles. The molecule has 0 aliphatic carbocycles. The van der Waals surface area contributed by atoms with E-state index in [-0.39, 0.29) is 33.5 Å². The Balaban J connectivity index is 1.96. The molecule has 0 radical (unpaired) electrons. The number of nitrogens with zero attached hydrogens (tertiary/aromatic N) is 3. The molecule has 0 bridgehead atoms. The number of nitrogens with one attached hydrogen (secondary N) is 1. The van der Waals surface area contributed by atoms with Crippen molar-refractivity contribution in [1.82, 2.24) is 15.3 Å². The van der Waals surface area contributed by atoms with Crippen molar-refractivity contribution >= 4 is 28.3 Å². The molecule has 0 amide bonds. The van der Waals surface area contributed by atoms with Crippen LogP contribution in [0.3, 0.4) is 0 Å². The Morgan fingerprint density at radius 3 is 2.81 bits per heavy atom. The van der Waals surface area contributed by atoms with E-state index >= 15 is 4.39 Å². The van der Waals surface area contributed by atoms with Crippen LogP contribution in [0.5, 0.6) is 5.75 Å². The number of phenols is 1. The van der Waals surface area contributed by atoms with Gasteiger partial charge in [0.05, 0.1) is 10.6 Å². The van der Waals surface area contributed by atoms with Gasteiger partial charge in [-0.05, 0) is 25.1 Å². The number of hydrogen-bond acceptors (Lipinski definition) is 5. The van der Waals surface area contributed by atoms with Crippen LogP contribution in [0.2, 0.25) is 5.02 Å². The molecule has 8 heteroatoms. The molecule has 1 aliphatic heterocycles. The van der Waals surface area contributed by atoms with E-state index in [4.69, 9.17) is 11.6 Å². The number of aromatic nitrogens is 2. The van der Waals surface area contributed by atoms with E-state index in [1.807, 2.05) is 6.92 Å². The minimum absolute atomic E-state index is 0.0146. The number of halogens is 3. The smallest absolute Gasteiger partial charge is 0.159 e. The van der Waals surface area contributed by atoms with Crippen LogP contribution in [0.15, 0.2) is 30.6 Å². The minimum Gasteiger partial charge on any atom is -0.507 e. The molecule has 1 saturated heterocycles. The number of aromatic hydroxyl groups is 1. The van der Waals surface area contributed by atoms with Crippen LogP contribution in [-0.2, 0) is 0 Å². The van der Waals surface area contributed by atoms with E-state index in [0.29, 0.717) is 17.7 Å². The fourth-order valence-corrected chi connectivity index (χ4v) is 3.78. The van der Waals surface area contributed by atoms with Crippen molar-refractivity contribution in [2.24, 2.45) is 0 Å². The second-order valence-electron chi connectivity index (χ2n) is 6.52. The third kappa shape index (κ3) is 2.96. The molecule has 1 aromatic heterocycles. The summed E-state index contributed by atoms with van der Waals surface area (Å²) in [5, 5.41) is 13.8. The lowest BCUT2D eigenvalue weighted by atomic mass is 10.0. The van der Waals surface area contributed by atoms with Gasteiger partial charge in [-0.3, -0.25) is 0 Å². The highest BCUT2D eigenvalue weighted by Crippen LogP contribution is 2.42. The molecule has 2 aromatic carbocycles. The molecule has 5 nitrogen and oxygen atoms in total. The molecular weight excluding hydrogens is 374 g/mol. The van der Waals surface area contributed by atoms with Gasteiger partial charge in [-0.15, -0.1) is 0 Å². The van der Waals surface area contributed by atoms with Crippen LogP contribution in [0.4, 0.5) is 14.6 Å². The Morgan fingerprint density at radius 1 is 1.26 bits per heavy atom. The lowest BCUT2D eigenvalue weighted by Crippen LogP contribution is -2.50. The van der Waals surface area contributed by atoms with Crippen LogP contribution in [0.1, 0.15) is 6.92 Å². The lowest BCUT2D eigenvalue weighted by Gasteiger charge is -2.35. The van der Waals surface area contributed by atoms with E-state index < -0.39 is 11.6 Å². The molecule has 1 fully saturated rings. The summed E-state index contributed by atoms with van der Waals surface area (Å²) >= 11 is 6.33. The first-order chi connectivity index (χ1) is 13.0. The molecule has 3 aromatic rings. The molecular formula is C19H17ClF2N4O. The number of anilines is 1. The maximum absolute atomic E-state index is 15.3. The molecule has 0 saturated carbocycles. The van der Waals surface area contributed by atoms with E-state index in [1.165, 1.54) is 24.5 Å². The van der Waals surface area contributed by atoms with Gasteiger partial charge in [-0.1, -0.05) is 17.7 Å². The highest BCUT2D eigenvalue weighted by molar-refractivity contribution is 6.34. The molecule has 27 heavy (non-hydrogen) atoms. The fraction of sp³-hybridized carbons (Fsp3) is 0.263. The van der Waals surface area contributed by atoms with Crippen LogP contribution in [0, 0.1) is 11.6 Å². The second kappa shape index (κ2) is 6.90. The number of phenolic OH excluding ortho intramolecular Hbond substituents is 1. The monoisotopic (exact) mass is 390 g/mol. The summed E-state index contributed by atoms with van der Waals surface area (Å²) in [5.41, 5.74) is -0.455. The van der Waals surface area contributed by atoms with Gasteiger partial charge in [0.25, 0.3) is 0 Å². The highest BCUT2D eigenvalue weighted by atomic mass is 35.5. The largest absolute Gasteiger partial charge is 0.507 e. The van der Waals surface area contributed by atoms with Crippen molar-refractivity contribution in [2.75, 3.05) is 24.5 Å². The van der Waals surface area contributed by atoms with Crippen molar-refractivity contribution in [3.05, 3.63) is 47.2 Å². The van der Waals surface area contributed by atoms with E-state index in [1.54, 1.807) is 0 Å². The molecule has 4 rings (SSSR count). The van der Waals surface area contributed by atoms with Crippen molar-refractivity contribution in [1.29, 1.82) is 0 Å². The molecule has 140 valence electrons. The summed E-state index contributed by atoms with van der Waals surface area (Å²) < 4.78 is 29.6. The fourth-order valence-electron chi connectivity index (χ4n) is 3.49. The van der Waals surface area contributed by atoms with Crippen LogP contribution in [-0.4, -0.2) is 40.8 Å². The van der Waals surface area contributed by atoms with Crippen molar-refractivity contribution in [3.8, 4) is 16.9 Å². The van der Waals surface area contributed by atoms with Crippen LogP contribution in [0.25, 0.3) is 22.0 Å². The molecule has 2 N–H and O–H groups in total. The zero-order chi connectivity index (χ0) is 19.1. The van der Waals surface area contributed by atoms with Gasteiger partial charge in [0.2, 0.25) is 0 Å². The standard InChI is InChI=1S/C19H17ClF2N4O/c1-10-8-23-5-6-26(10)19-11-7-12(20)15(17(22)18(11)24-9-25-19)16-13(21)3-2-4-14(16)27/h2-4,7,9-10,23,27H,5-6,8H2,1H3/t10-/m1/s1. The quantitative estimate of drug-likeness (QED) is 0.698. The van der Waals surface area contributed by atoms with Gasteiger partial charge in [-0.2, -0.15) is 0 Å². The molecule has 0 spiro atoms. The van der Waals surface area contributed by atoms with Gasteiger partial charge < -0.3 is 15.3 Å². The van der Waals surface area contributed by atoms with Gasteiger partial charge in [-0.25, -0.2) is 18.7 Å². The van der Waals surface area contributed by atoms with Crippen molar-refractivity contribution < 1.29 is 13.9 Å². The first-order valence-corrected chi connectivity index (χ1v) is 8.94. The molecule has 1 aliphatic rings. The zero-order valence-corrected chi connectivity index (χ0v) is 15.3. The maximum atomic E-state index is 15.3. The van der Waals surface area contributed by atoms with Gasteiger partial charge in [0, 0.05) is 36.6 Å². The summed E-state index contributed by atoms with van der Waals surface area (Å²) in [5.74, 6) is -1.36. The average Bonchev–Trinajstić information content (AvgIpc) is 2.64. The van der Waals surface area contributed by atoms with Gasteiger partial charge >= 0.3 is 0 Å². The molecule has 0 unspecified atom stereocenters. The Bertz CT molecular complexity index is 1010. The Hall–Kier alpha value is -2.51. The third-order valence-electron chi connectivity index (χ3n) is 4.82. The van der Waals surface area contributed by atoms with Crippen molar-refractivity contribution in [2.45, 2.75) is 13.0 Å². The number of benzene rings is 2. The summed E-state index contributed by atoms with van der Waals surface area (Å²) in [4.78, 5) is 10.5. The summed E-state index contributed by atoms with van der Waals surface area (Å²) in [6.07, 6.45) is 1.29. The minimum atomic E-state index is -0.788. The number of rotatable bonds is 2. The maximum Gasteiger partial charge on any atom is 0.159 e. The third-order valence-corrected chi connectivity index (χ3v) is 5.11. The van der Waals surface area contributed by atoms with E-state index in [9.17, 15) is 9.50 Å². The Kier molecular flexibility index (Phi) is 4.57. The predicted molar refractivity (Wildman–Crippen MR) is 101 cm³/mol. The lowest BCUT2D eigenvalue weighted by molar-refractivity contribution is 0.471. The summed E-state index contributed by atoms with van der Waals surface area (Å²) in [7, 11) is 0. The van der Waals surface area contributed by atoms with Crippen LogP contribution >= 0.6 is 11.6 Å². The van der Waals surface area contributed by atoms with Crippen molar-refractivity contribution in [3.63, 3.8) is 0 Å². The topological polar surface area (TPSA) is 61.3 Å². The highest BCUT2D eigenvalue weighted by Gasteiger charge is 2.26. The average molecular weight is 391 g/mol.